The van der Waals surface area contributed by atoms with E-state index in [4.69, 9.17) is 9.47 Å². The highest BCUT2D eigenvalue weighted by Gasteiger charge is 2.37. The minimum Gasteiger partial charge on any atom is -0.490 e. The molecule has 2 heterocycles. The molecule has 0 radical (unpaired) electrons. The molecule has 1 amide bonds. The first-order valence-electron chi connectivity index (χ1n) is 6.22. The normalized spacial score (nSPS) is 21.1. The molecule has 20 heavy (non-hydrogen) atoms. The Hall–Kier alpha value is -1.76. The average molecular weight is 287 g/mol. The number of nitrogens with one attached hydrogen (secondary N) is 1. The molecule has 0 spiro atoms. The van der Waals surface area contributed by atoms with Gasteiger partial charge in [0.2, 0.25) is 5.91 Å². The Bertz CT molecular complexity index is 553. The summed E-state index contributed by atoms with van der Waals surface area (Å²) in [5.74, 6) is -0.0332. The molecular weight excluding hydrogens is 275 g/mol. The standard InChI is InChI=1S/C13H12F3NO3/c14-13(15,16)9-2-3-10(20-6-7-5-19-7)8-1-4-11(18)17-12(8)9/h2-3,7H,1,4-6H2,(H,17,18). The number of hydrogen-bond acceptors (Lipinski definition) is 3. The highest BCUT2D eigenvalue weighted by molar-refractivity contribution is 5.95. The van der Waals surface area contributed by atoms with Crippen molar-refractivity contribution in [3.05, 3.63) is 23.3 Å². The largest absolute Gasteiger partial charge is 0.490 e. The number of carbonyl (C=O) groups excluding carboxylic acids is 1. The number of halogens is 3. The first-order chi connectivity index (χ1) is 9.45. The summed E-state index contributed by atoms with van der Waals surface area (Å²) < 4.78 is 49.3. The lowest BCUT2D eigenvalue weighted by Gasteiger charge is -2.24. The molecule has 1 atom stereocenters. The molecule has 1 aromatic carbocycles. The van der Waals surface area contributed by atoms with Crippen molar-refractivity contribution < 1.29 is 27.4 Å². The molecule has 0 aliphatic carbocycles. The van der Waals surface area contributed by atoms with Crippen LogP contribution in [0, 0.1) is 0 Å². The third-order valence-electron chi connectivity index (χ3n) is 3.27. The smallest absolute Gasteiger partial charge is 0.418 e. The van der Waals surface area contributed by atoms with Crippen LogP contribution in [0.3, 0.4) is 0 Å². The summed E-state index contributed by atoms with van der Waals surface area (Å²) >= 11 is 0. The highest BCUT2D eigenvalue weighted by atomic mass is 19.4. The Balaban J connectivity index is 1.96. The predicted molar refractivity (Wildman–Crippen MR) is 63.6 cm³/mol. The van der Waals surface area contributed by atoms with Crippen molar-refractivity contribution in [3.63, 3.8) is 0 Å². The van der Waals surface area contributed by atoms with Crippen molar-refractivity contribution in [1.82, 2.24) is 0 Å². The zero-order valence-electron chi connectivity index (χ0n) is 10.4. The minimum absolute atomic E-state index is 0.0196. The van der Waals surface area contributed by atoms with E-state index in [1.165, 1.54) is 6.07 Å². The Morgan fingerprint density at radius 3 is 2.75 bits per heavy atom. The van der Waals surface area contributed by atoms with Gasteiger partial charge in [0.05, 0.1) is 17.9 Å². The van der Waals surface area contributed by atoms with Gasteiger partial charge in [-0.2, -0.15) is 13.2 Å². The van der Waals surface area contributed by atoms with Crippen LogP contribution < -0.4 is 10.1 Å². The second-order valence-corrected chi connectivity index (χ2v) is 4.78. The van der Waals surface area contributed by atoms with Crippen molar-refractivity contribution in [1.29, 1.82) is 0 Å². The molecule has 1 unspecified atom stereocenters. The van der Waals surface area contributed by atoms with Gasteiger partial charge in [-0.05, 0) is 18.6 Å². The molecule has 3 rings (SSSR count). The van der Waals surface area contributed by atoms with Gasteiger partial charge in [-0.3, -0.25) is 4.79 Å². The molecule has 108 valence electrons. The van der Waals surface area contributed by atoms with E-state index in [9.17, 15) is 18.0 Å². The van der Waals surface area contributed by atoms with Crippen LogP contribution in [0.1, 0.15) is 17.5 Å². The first-order valence-corrected chi connectivity index (χ1v) is 6.22. The van der Waals surface area contributed by atoms with E-state index in [0.29, 0.717) is 24.5 Å². The number of ether oxygens (including phenoxy) is 2. The molecule has 0 bridgehead atoms. The van der Waals surface area contributed by atoms with Gasteiger partial charge < -0.3 is 14.8 Å². The fourth-order valence-corrected chi connectivity index (χ4v) is 2.18. The van der Waals surface area contributed by atoms with Crippen LogP contribution in [0.5, 0.6) is 5.75 Å². The molecule has 0 saturated carbocycles. The Morgan fingerprint density at radius 2 is 2.10 bits per heavy atom. The van der Waals surface area contributed by atoms with E-state index in [2.05, 4.69) is 5.32 Å². The Kier molecular flexibility index (Phi) is 3.08. The van der Waals surface area contributed by atoms with Crippen molar-refractivity contribution in [3.8, 4) is 5.75 Å². The summed E-state index contributed by atoms with van der Waals surface area (Å²) in [6, 6.07) is 2.25. The van der Waals surface area contributed by atoms with E-state index < -0.39 is 17.6 Å². The average Bonchev–Trinajstić information content (AvgIpc) is 3.18. The maximum Gasteiger partial charge on any atom is 0.418 e. The van der Waals surface area contributed by atoms with Crippen LogP contribution in [0.15, 0.2) is 12.1 Å². The van der Waals surface area contributed by atoms with E-state index in [0.717, 1.165) is 6.07 Å². The van der Waals surface area contributed by atoms with E-state index in [1.807, 2.05) is 0 Å². The lowest BCUT2D eigenvalue weighted by molar-refractivity contribution is -0.137. The van der Waals surface area contributed by atoms with Gasteiger partial charge in [0.25, 0.3) is 0 Å². The van der Waals surface area contributed by atoms with E-state index >= 15 is 0 Å². The van der Waals surface area contributed by atoms with Gasteiger partial charge in [-0.25, -0.2) is 0 Å². The summed E-state index contributed by atoms with van der Waals surface area (Å²) in [6.07, 6.45) is -4.09. The van der Waals surface area contributed by atoms with Gasteiger partial charge in [-0.15, -0.1) is 0 Å². The monoisotopic (exact) mass is 287 g/mol. The molecule has 2 aliphatic heterocycles. The van der Waals surface area contributed by atoms with Crippen molar-refractivity contribution in [2.75, 3.05) is 18.5 Å². The Labute approximate surface area is 112 Å². The number of amides is 1. The van der Waals surface area contributed by atoms with Crippen molar-refractivity contribution >= 4 is 11.6 Å². The number of benzene rings is 1. The van der Waals surface area contributed by atoms with E-state index in [1.54, 1.807) is 0 Å². The van der Waals surface area contributed by atoms with Crippen LogP contribution in [-0.2, 0) is 22.1 Å². The molecule has 1 fully saturated rings. The molecule has 1 saturated heterocycles. The van der Waals surface area contributed by atoms with Gasteiger partial charge in [0.1, 0.15) is 18.5 Å². The van der Waals surface area contributed by atoms with Crippen molar-refractivity contribution in [2.24, 2.45) is 0 Å². The molecule has 7 heteroatoms. The number of alkyl halides is 3. The summed E-state index contributed by atoms with van der Waals surface area (Å²) in [7, 11) is 0. The van der Waals surface area contributed by atoms with Crippen LogP contribution in [0.2, 0.25) is 0 Å². The number of epoxide rings is 1. The fraction of sp³-hybridized carbons (Fsp3) is 0.462. The maximum absolute atomic E-state index is 12.9. The predicted octanol–water partition coefficient (Wildman–Crippen LogP) is 2.37. The van der Waals surface area contributed by atoms with Gasteiger partial charge in [0.15, 0.2) is 0 Å². The van der Waals surface area contributed by atoms with Crippen LogP contribution in [0.25, 0.3) is 0 Å². The zero-order valence-corrected chi connectivity index (χ0v) is 10.4. The molecule has 1 N–H and O–H groups in total. The first kappa shape index (κ1) is 13.2. The van der Waals surface area contributed by atoms with Crippen LogP contribution >= 0.6 is 0 Å². The number of anilines is 1. The molecule has 0 aromatic heterocycles. The summed E-state index contributed by atoms with van der Waals surface area (Å²) in [6.45, 7) is 0.922. The molecule has 4 nitrogen and oxygen atoms in total. The molecule has 1 aromatic rings. The van der Waals surface area contributed by atoms with Crippen molar-refractivity contribution in [2.45, 2.75) is 25.1 Å². The number of rotatable bonds is 3. The van der Waals surface area contributed by atoms with Gasteiger partial charge in [-0.1, -0.05) is 0 Å². The summed E-state index contributed by atoms with van der Waals surface area (Å²) in [5, 5.41) is 2.31. The summed E-state index contributed by atoms with van der Waals surface area (Å²) in [4.78, 5) is 11.4. The lowest BCUT2D eigenvalue weighted by Crippen LogP contribution is -2.23. The third-order valence-corrected chi connectivity index (χ3v) is 3.27. The van der Waals surface area contributed by atoms with Gasteiger partial charge >= 0.3 is 6.18 Å². The second kappa shape index (κ2) is 4.66. The Morgan fingerprint density at radius 1 is 1.35 bits per heavy atom. The zero-order chi connectivity index (χ0) is 14.3. The van der Waals surface area contributed by atoms with Gasteiger partial charge in [0, 0.05) is 12.0 Å². The third kappa shape index (κ3) is 2.58. The quantitative estimate of drug-likeness (QED) is 0.868. The number of carbonyl (C=O) groups is 1. The fourth-order valence-electron chi connectivity index (χ4n) is 2.18. The van der Waals surface area contributed by atoms with Crippen LogP contribution in [-0.4, -0.2) is 25.2 Å². The van der Waals surface area contributed by atoms with Crippen LogP contribution in [0.4, 0.5) is 18.9 Å². The maximum atomic E-state index is 12.9. The lowest BCUT2D eigenvalue weighted by atomic mass is 9.97. The topological polar surface area (TPSA) is 50.9 Å². The number of hydrogen-bond donors (Lipinski definition) is 1. The highest BCUT2D eigenvalue weighted by Crippen LogP contribution is 2.42. The SMILES string of the molecule is O=C1CCc2c(OCC3CO3)ccc(C(F)(F)F)c2N1. The minimum atomic E-state index is -4.51. The molecular formula is C13H12F3NO3. The number of fused-ring (bicyclic) bond motifs is 1. The van der Waals surface area contributed by atoms with E-state index in [-0.39, 0.29) is 24.6 Å². The second-order valence-electron chi connectivity index (χ2n) is 4.78. The summed E-state index contributed by atoms with van der Waals surface area (Å²) in [5.41, 5.74) is -0.612. The molecule has 2 aliphatic rings.